The van der Waals surface area contributed by atoms with E-state index in [4.69, 9.17) is 4.74 Å². The molecule has 0 aliphatic heterocycles. The number of rotatable bonds is 4. The molecular weight excluding hydrogens is 376 g/mol. The average molecular weight is 387 g/mol. The first-order valence-electron chi connectivity index (χ1n) is 6.96. The number of ketones is 1. The Balaban J connectivity index is 1.98. The molecule has 120 valence electrons. The van der Waals surface area contributed by atoms with Crippen molar-refractivity contribution >= 4 is 38.2 Å². The van der Waals surface area contributed by atoms with Gasteiger partial charge in [-0.25, -0.2) is 4.98 Å². The largest absolute Gasteiger partial charge is 0.434 e. The van der Waals surface area contributed by atoms with E-state index in [1.807, 2.05) is 6.07 Å². The van der Waals surface area contributed by atoms with Crippen molar-refractivity contribution in [1.82, 2.24) is 4.98 Å². The second-order valence-electron chi connectivity index (χ2n) is 5.12. The fourth-order valence-corrected chi connectivity index (χ4v) is 2.56. The molecule has 0 N–H and O–H groups in total. The molecule has 0 aliphatic rings. The maximum Gasteiger partial charge on any atom is 0.332 e. The summed E-state index contributed by atoms with van der Waals surface area (Å²) >= 11 is 3.15. The van der Waals surface area contributed by atoms with Crippen LogP contribution in [0.3, 0.4) is 0 Å². The SMILES string of the molecule is CC(=O)c1ccc2cc(Oc3ncc(Br)cc3[N+](=O)[O-])ccc2c1. The third kappa shape index (κ3) is 3.26. The van der Waals surface area contributed by atoms with Gasteiger partial charge in [-0.05, 0) is 51.8 Å². The number of pyridine rings is 1. The number of ether oxygens (including phenoxy) is 1. The van der Waals surface area contributed by atoms with Gasteiger partial charge in [0.05, 0.1) is 4.92 Å². The van der Waals surface area contributed by atoms with E-state index in [1.54, 1.807) is 30.3 Å². The molecule has 0 fully saturated rings. The highest BCUT2D eigenvalue weighted by Crippen LogP contribution is 2.32. The number of Topliss-reactive ketones (excluding diaryl/α,β-unsaturated/α-hetero) is 1. The molecule has 2 aromatic carbocycles. The molecule has 6 nitrogen and oxygen atoms in total. The molecule has 0 unspecified atom stereocenters. The number of nitrogens with zero attached hydrogens (tertiary/aromatic N) is 2. The highest BCUT2D eigenvalue weighted by Gasteiger charge is 2.18. The van der Waals surface area contributed by atoms with E-state index < -0.39 is 4.92 Å². The van der Waals surface area contributed by atoms with Gasteiger partial charge in [0, 0.05) is 22.3 Å². The lowest BCUT2D eigenvalue weighted by Crippen LogP contribution is -1.96. The molecule has 0 spiro atoms. The summed E-state index contributed by atoms with van der Waals surface area (Å²) in [6.07, 6.45) is 1.43. The predicted molar refractivity (Wildman–Crippen MR) is 92.6 cm³/mol. The van der Waals surface area contributed by atoms with Crippen LogP contribution in [0.1, 0.15) is 17.3 Å². The van der Waals surface area contributed by atoms with Crippen LogP contribution in [-0.2, 0) is 0 Å². The van der Waals surface area contributed by atoms with Gasteiger partial charge in [-0.3, -0.25) is 14.9 Å². The topological polar surface area (TPSA) is 82.3 Å². The Bertz CT molecular complexity index is 972. The van der Waals surface area contributed by atoms with Crippen molar-refractivity contribution in [1.29, 1.82) is 0 Å². The van der Waals surface area contributed by atoms with E-state index in [0.29, 0.717) is 15.8 Å². The van der Waals surface area contributed by atoms with Crippen LogP contribution in [0, 0.1) is 10.1 Å². The Labute approximate surface area is 145 Å². The summed E-state index contributed by atoms with van der Waals surface area (Å²) in [6.45, 7) is 1.51. The van der Waals surface area contributed by atoms with Gasteiger partial charge in [-0.15, -0.1) is 0 Å². The minimum Gasteiger partial charge on any atom is -0.434 e. The first-order valence-corrected chi connectivity index (χ1v) is 7.76. The zero-order chi connectivity index (χ0) is 17.3. The summed E-state index contributed by atoms with van der Waals surface area (Å²) in [5, 5.41) is 12.9. The molecule has 0 amide bonds. The van der Waals surface area contributed by atoms with Gasteiger partial charge < -0.3 is 4.74 Å². The van der Waals surface area contributed by atoms with E-state index in [2.05, 4.69) is 20.9 Å². The van der Waals surface area contributed by atoms with Gasteiger partial charge in [0.25, 0.3) is 5.88 Å². The molecule has 1 heterocycles. The molecule has 24 heavy (non-hydrogen) atoms. The zero-order valence-electron chi connectivity index (χ0n) is 12.5. The smallest absolute Gasteiger partial charge is 0.332 e. The van der Waals surface area contributed by atoms with Crippen molar-refractivity contribution in [2.75, 3.05) is 0 Å². The number of carbonyl (C=O) groups is 1. The maximum absolute atomic E-state index is 11.4. The van der Waals surface area contributed by atoms with Crippen LogP contribution in [0.2, 0.25) is 0 Å². The second kappa shape index (κ2) is 6.37. The standard InChI is InChI=1S/C17H11BrN2O4/c1-10(21)11-2-3-13-7-15(5-4-12(13)6-11)24-17-16(20(22)23)8-14(18)9-19-17/h2-9H,1H3. The number of nitro groups is 1. The monoisotopic (exact) mass is 386 g/mol. The number of hydrogen-bond donors (Lipinski definition) is 0. The van der Waals surface area contributed by atoms with Crippen LogP contribution in [0.25, 0.3) is 10.8 Å². The lowest BCUT2D eigenvalue weighted by Gasteiger charge is -2.07. The summed E-state index contributed by atoms with van der Waals surface area (Å²) < 4.78 is 6.07. The van der Waals surface area contributed by atoms with Crippen molar-refractivity contribution in [2.45, 2.75) is 6.92 Å². The lowest BCUT2D eigenvalue weighted by molar-refractivity contribution is -0.386. The summed E-state index contributed by atoms with van der Waals surface area (Å²) in [5.74, 6) is 0.339. The van der Waals surface area contributed by atoms with Gasteiger partial charge in [-0.1, -0.05) is 18.2 Å². The second-order valence-corrected chi connectivity index (χ2v) is 6.03. The third-order valence-corrected chi connectivity index (χ3v) is 3.86. The Morgan fingerprint density at radius 3 is 2.58 bits per heavy atom. The lowest BCUT2D eigenvalue weighted by atomic mass is 10.0. The first-order chi connectivity index (χ1) is 11.4. The molecule has 0 saturated carbocycles. The molecule has 0 bridgehead atoms. The van der Waals surface area contributed by atoms with E-state index in [-0.39, 0.29) is 17.4 Å². The van der Waals surface area contributed by atoms with E-state index in [9.17, 15) is 14.9 Å². The van der Waals surface area contributed by atoms with Crippen LogP contribution in [0.15, 0.2) is 53.1 Å². The molecule has 0 aliphatic carbocycles. The number of benzene rings is 2. The van der Waals surface area contributed by atoms with Crippen LogP contribution >= 0.6 is 15.9 Å². The normalized spacial score (nSPS) is 10.6. The molecule has 7 heteroatoms. The number of carbonyl (C=O) groups excluding carboxylic acids is 1. The van der Waals surface area contributed by atoms with Crippen molar-refractivity contribution < 1.29 is 14.5 Å². The maximum atomic E-state index is 11.4. The fraction of sp³-hybridized carbons (Fsp3) is 0.0588. The van der Waals surface area contributed by atoms with Crippen molar-refractivity contribution in [2.24, 2.45) is 0 Å². The highest BCUT2D eigenvalue weighted by atomic mass is 79.9. The minimum absolute atomic E-state index is 0.00749. The van der Waals surface area contributed by atoms with Gasteiger partial charge in [0.15, 0.2) is 5.78 Å². The van der Waals surface area contributed by atoms with Crippen molar-refractivity contribution in [3.63, 3.8) is 0 Å². The fourth-order valence-electron chi connectivity index (χ4n) is 2.24. The third-order valence-electron chi connectivity index (χ3n) is 3.43. The zero-order valence-corrected chi connectivity index (χ0v) is 14.1. The van der Waals surface area contributed by atoms with Gasteiger partial charge in [0.2, 0.25) is 0 Å². The summed E-state index contributed by atoms with van der Waals surface area (Å²) in [4.78, 5) is 25.9. The molecule has 3 aromatic rings. The van der Waals surface area contributed by atoms with Gasteiger partial charge in [0.1, 0.15) is 5.75 Å². The molecule has 1 aromatic heterocycles. The molecule has 3 rings (SSSR count). The highest BCUT2D eigenvalue weighted by molar-refractivity contribution is 9.10. The van der Waals surface area contributed by atoms with Crippen molar-refractivity contribution in [3.8, 4) is 11.6 Å². The molecule has 0 atom stereocenters. The van der Waals surface area contributed by atoms with E-state index >= 15 is 0 Å². The Kier molecular flexibility index (Phi) is 4.26. The summed E-state index contributed by atoms with van der Waals surface area (Å²) in [6, 6.07) is 11.9. The molecule has 0 saturated heterocycles. The Hall–Kier alpha value is -2.80. The molecule has 0 radical (unpaired) electrons. The Morgan fingerprint density at radius 2 is 1.88 bits per heavy atom. The van der Waals surface area contributed by atoms with Gasteiger partial charge >= 0.3 is 5.69 Å². The first kappa shape index (κ1) is 16.1. The number of halogens is 1. The number of hydrogen-bond acceptors (Lipinski definition) is 5. The van der Waals surface area contributed by atoms with Gasteiger partial charge in [-0.2, -0.15) is 0 Å². The van der Waals surface area contributed by atoms with Crippen molar-refractivity contribution in [3.05, 3.63) is 68.8 Å². The van der Waals surface area contributed by atoms with E-state index in [1.165, 1.54) is 19.2 Å². The van der Waals surface area contributed by atoms with Crippen LogP contribution < -0.4 is 4.74 Å². The summed E-state index contributed by atoms with van der Waals surface area (Å²) in [5.41, 5.74) is 0.401. The average Bonchev–Trinajstić information content (AvgIpc) is 2.55. The predicted octanol–water partition coefficient (Wildman–Crippen LogP) is 4.90. The number of aromatic nitrogens is 1. The van der Waals surface area contributed by atoms with Crippen LogP contribution in [0.5, 0.6) is 11.6 Å². The van der Waals surface area contributed by atoms with E-state index in [0.717, 1.165) is 10.8 Å². The number of fused-ring (bicyclic) bond motifs is 1. The quantitative estimate of drug-likeness (QED) is 0.361. The van der Waals surface area contributed by atoms with Crippen LogP contribution in [-0.4, -0.2) is 15.7 Å². The molecular formula is C17H11BrN2O4. The Morgan fingerprint density at radius 1 is 1.17 bits per heavy atom. The van der Waals surface area contributed by atoms with Crippen LogP contribution in [0.4, 0.5) is 5.69 Å². The minimum atomic E-state index is -0.548. The summed E-state index contributed by atoms with van der Waals surface area (Å²) in [7, 11) is 0.